The van der Waals surface area contributed by atoms with Gasteiger partial charge in [0.05, 0.1) is 15.9 Å². The maximum atomic E-state index is 8.67. The van der Waals surface area contributed by atoms with Gasteiger partial charge in [-0.1, -0.05) is 0 Å². The van der Waals surface area contributed by atoms with Gasteiger partial charge in [0, 0.05) is 19.7 Å². The first-order valence-corrected chi connectivity index (χ1v) is 7.03. The SMILES string of the molecule is CCn1nc(C)c(Br)c1CNCCCCCO. The zero-order chi connectivity index (χ0) is 12.7. The third-order valence-electron chi connectivity index (χ3n) is 2.76. The van der Waals surface area contributed by atoms with Crippen molar-refractivity contribution in [3.05, 3.63) is 15.9 Å². The Kier molecular flexibility index (Phi) is 6.77. The average molecular weight is 304 g/mol. The summed E-state index contributed by atoms with van der Waals surface area (Å²) in [4.78, 5) is 0. The van der Waals surface area contributed by atoms with Crippen LogP contribution in [0.25, 0.3) is 0 Å². The Bertz CT molecular complexity index is 339. The van der Waals surface area contributed by atoms with Crippen molar-refractivity contribution in [1.29, 1.82) is 0 Å². The minimum absolute atomic E-state index is 0.299. The van der Waals surface area contributed by atoms with Gasteiger partial charge in [-0.3, -0.25) is 4.68 Å². The number of hydrogen-bond acceptors (Lipinski definition) is 3. The van der Waals surface area contributed by atoms with Crippen LogP contribution in [0.3, 0.4) is 0 Å². The second kappa shape index (κ2) is 7.84. The first-order valence-electron chi connectivity index (χ1n) is 6.24. The number of aryl methyl sites for hydroxylation is 2. The topological polar surface area (TPSA) is 50.1 Å². The second-order valence-corrected chi connectivity index (χ2v) is 4.92. The van der Waals surface area contributed by atoms with Crippen molar-refractivity contribution in [3.8, 4) is 0 Å². The van der Waals surface area contributed by atoms with E-state index >= 15 is 0 Å². The Morgan fingerprint density at radius 2 is 2.12 bits per heavy atom. The Morgan fingerprint density at radius 1 is 1.35 bits per heavy atom. The Balaban J connectivity index is 2.35. The maximum Gasteiger partial charge on any atom is 0.0739 e. The van der Waals surface area contributed by atoms with E-state index in [-0.39, 0.29) is 0 Å². The minimum atomic E-state index is 0.299. The molecule has 98 valence electrons. The van der Waals surface area contributed by atoms with Crippen LogP contribution in [0.2, 0.25) is 0 Å². The van der Waals surface area contributed by atoms with E-state index in [0.717, 1.165) is 49.1 Å². The molecule has 0 saturated heterocycles. The van der Waals surface area contributed by atoms with Crippen molar-refractivity contribution in [2.24, 2.45) is 0 Å². The predicted octanol–water partition coefficient (Wildman–Crippen LogP) is 2.23. The predicted molar refractivity (Wildman–Crippen MR) is 73.0 cm³/mol. The normalized spacial score (nSPS) is 11.1. The van der Waals surface area contributed by atoms with Crippen LogP contribution < -0.4 is 5.32 Å². The molecule has 17 heavy (non-hydrogen) atoms. The number of rotatable bonds is 8. The lowest BCUT2D eigenvalue weighted by Crippen LogP contribution is -2.18. The lowest BCUT2D eigenvalue weighted by atomic mass is 10.2. The molecule has 0 unspecified atom stereocenters. The third-order valence-corrected chi connectivity index (χ3v) is 3.79. The molecule has 2 N–H and O–H groups in total. The zero-order valence-corrected chi connectivity index (χ0v) is 12.3. The van der Waals surface area contributed by atoms with Gasteiger partial charge in [-0.25, -0.2) is 0 Å². The number of aliphatic hydroxyl groups excluding tert-OH is 1. The highest BCUT2D eigenvalue weighted by Gasteiger charge is 2.10. The molecular formula is C12H22BrN3O. The van der Waals surface area contributed by atoms with Crippen LogP contribution in [-0.2, 0) is 13.1 Å². The number of aromatic nitrogens is 2. The average Bonchev–Trinajstić information content (AvgIpc) is 2.60. The summed E-state index contributed by atoms with van der Waals surface area (Å²) in [5, 5.41) is 16.5. The molecule has 0 fully saturated rings. The van der Waals surface area contributed by atoms with Crippen LogP contribution >= 0.6 is 15.9 Å². The molecule has 5 heteroatoms. The van der Waals surface area contributed by atoms with Gasteiger partial charge in [-0.2, -0.15) is 5.10 Å². The van der Waals surface area contributed by atoms with Crippen LogP contribution in [0.15, 0.2) is 4.47 Å². The van der Waals surface area contributed by atoms with Crippen molar-refractivity contribution < 1.29 is 5.11 Å². The van der Waals surface area contributed by atoms with Crippen LogP contribution in [0.1, 0.15) is 37.6 Å². The van der Waals surface area contributed by atoms with Crippen LogP contribution in [0, 0.1) is 6.92 Å². The number of hydrogen-bond donors (Lipinski definition) is 2. The van der Waals surface area contributed by atoms with E-state index in [1.165, 1.54) is 5.69 Å². The molecule has 0 aromatic carbocycles. The molecule has 0 aliphatic carbocycles. The zero-order valence-electron chi connectivity index (χ0n) is 10.7. The number of unbranched alkanes of at least 4 members (excludes halogenated alkanes) is 2. The number of aliphatic hydroxyl groups is 1. The van der Waals surface area contributed by atoms with Crippen LogP contribution in [0.4, 0.5) is 0 Å². The molecule has 1 heterocycles. The van der Waals surface area contributed by atoms with Crippen molar-refractivity contribution in [2.75, 3.05) is 13.2 Å². The molecule has 1 aromatic rings. The van der Waals surface area contributed by atoms with E-state index in [1.807, 2.05) is 11.6 Å². The molecule has 0 radical (unpaired) electrons. The van der Waals surface area contributed by atoms with E-state index in [0.29, 0.717) is 6.61 Å². The Labute approximate surface area is 112 Å². The summed E-state index contributed by atoms with van der Waals surface area (Å²) in [6.45, 7) is 7.14. The molecule has 4 nitrogen and oxygen atoms in total. The van der Waals surface area contributed by atoms with Crippen LogP contribution in [-0.4, -0.2) is 28.0 Å². The Hall–Kier alpha value is -0.390. The van der Waals surface area contributed by atoms with Gasteiger partial charge in [-0.15, -0.1) is 0 Å². The number of nitrogens with one attached hydrogen (secondary N) is 1. The van der Waals surface area contributed by atoms with E-state index in [2.05, 4.69) is 33.3 Å². The van der Waals surface area contributed by atoms with Gasteiger partial charge < -0.3 is 10.4 Å². The summed E-state index contributed by atoms with van der Waals surface area (Å²) in [5.41, 5.74) is 2.26. The summed E-state index contributed by atoms with van der Waals surface area (Å²) >= 11 is 3.58. The molecule has 0 aliphatic rings. The molecule has 0 saturated carbocycles. The number of halogens is 1. The lowest BCUT2D eigenvalue weighted by Gasteiger charge is -2.07. The van der Waals surface area contributed by atoms with Gasteiger partial charge in [-0.05, 0) is 55.6 Å². The van der Waals surface area contributed by atoms with E-state index in [1.54, 1.807) is 0 Å². The molecule has 0 spiro atoms. The van der Waals surface area contributed by atoms with Crippen LogP contribution in [0.5, 0.6) is 0 Å². The highest BCUT2D eigenvalue weighted by Crippen LogP contribution is 2.20. The maximum absolute atomic E-state index is 8.67. The van der Waals surface area contributed by atoms with Crippen molar-refractivity contribution in [1.82, 2.24) is 15.1 Å². The lowest BCUT2D eigenvalue weighted by molar-refractivity contribution is 0.283. The first-order chi connectivity index (χ1) is 8.20. The quantitative estimate of drug-likeness (QED) is 0.724. The summed E-state index contributed by atoms with van der Waals surface area (Å²) in [5.74, 6) is 0. The fourth-order valence-corrected chi connectivity index (χ4v) is 2.21. The van der Waals surface area contributed by atoms with E-state index < -0.39 is 0 Å². The van der Waals surface area contributed by atoms with Gasteiger partial charge in [0.1, 0.15) is 0 Å². The summed E-state index contributed by atoms with van der Waals surface area (Å²) in [6, 6.07) is 0. The highest BCUT2D eigenvalue weighted by atomic mass is 79.9. The fourth-order valence-electron chi connectivity index (χ4n) is 1.78. The monoisotopic (exact) mass is 303 g/mol. The summed E-state index contributed by atoms with van der Waals surface area (Å²) in [6.07, 6.45) is 3.09. The van der Waals surface area contributed by atoms with Crippen molar-refractivity contribution in [3.63, 3.8) is 0 Å². The third kappa shape index (κ3) is 4.41. The summed E-state index contributed by atoms with van der Waals surface area (Å²) in [7, 11) is 0. The molecule has 0 bridgehead atoms. The first kappa shape index (κ1) is 14.7. The molecule has 1 aromatic heterocycles. The molecule has 0 atom stereocenters. The molecule has 0 amide bonds. The van der Waals surface area contributed by atoms with E-state index in [4.69, 9.17) is 5.11 Å². The highest BCUT2D eigenvalue weighted by molar-refractivity contribution is 9.10. The van der Waals surface area contributed by atoms with Crippen molar-refractivity contribution >= 4 is 15.9 Å². The number of nitrogens with zero attached hydrogens (tertiary/aromatic N) is 2. The van der Waals surface area contributed by atoms with Crippen molar-refractivity contribution in [2.45, 2.75) is 46.2 Å². The van der Waals surface area contributed by atoms with E-state index in [9.17, 15) is 0 Å². The smallest absolute Gasteiger partial charge is 0.0739 e. The second-order valence-electron chi connectivity index (χ2n) is 4.12. The Morgan fingerprint density at radius 3 is 2.76 bits per heavy atom. The summed E-state index contributed by atoms with van der Waals surface area (Å²) < 4.78 is 3.14. The largest absolute Gasteiger partial charge is 0.396 e. The van der Waals surface area contributed by atoms with Gasteiger partial charge in [0.25, 0.3) is 0 Å². The standard InChI is InChI=1S/C12H22BrN3O/c1-3-16-11(12(13)10(2)15-16)9-14-7-5-4-6-8-17/h14,17H,3-9H2,1-2H3. The molecular weight excluding hydrogens is 282 g/mol. The molecule has 0 aliphatic heterocycles. The van der Waals surface area contributed by atoms with Gasteiger partial charge >= 0.3 is 0 Å². The molecule has 1 rings (SSSR count). The van der Waals surface area contributed by atoms with Gasteiger partial charge in [0.2, 0.25) is 0 Å². The van der Waals surface area contributed by atoms with Gasteiger partial charge in [0.15, 0.2) is 0 Å². The fraction of sp³-hybridized carbons (Fsp3) is 0.750. The minimum Gasteiger partial charge on any atom is -0.396 e.